The summed E-state index contributed by atoms with van der Waals surface area (Å²) in [5.41, 5.74) is 3.49. The van der Waals surface area contributed by atoms with Crippen LogP contribution in [0.25, 0.3) is 0 Å². The van der Waals surface area contributed by atoms with Crippen LogP contribution in [0.1, 0.15) is 5.56 Å². The highest BCUT2D eigenvalue weighted by Gasteiger charge is 2.41. The number of methoxy groups -OCH3 is 2. The van der Waals surface area contributed by atoms with Gasteiger partial charge in [-0.15, -0.1) is 5.73 Å². The maximum atomic E-state index is 12.6. The van der Waals surface area contributed by atoms with E-state index in [1.807, 2.05) is 54.6 Å². The monoisotopic (exact) mass is 326 g/mol. The van der Waals surface area contributed by atoms with E-state index in [0.717, 1.165) is 10.5 Å². The fraction of sp³-hybridized carbons (Fsp3) is 0.158. The Morgan fingerprint density at radius 1 is 1.17 bits per heavy atom. The minimum Gasteiger partial charge on any atom is -0.497 e. The van der Waals surface area contributed by atoms with Gasteiger partial charge in [0.15, 0.2) is 4.75 Å². The van der Waals surface area contributed by atoms with Crippen molar-refractivity contribution >= 4 is 17.7 Å². The molecule has 3 nitrogen and oxygen atoms in total. The molecule has 0 spiro atoms. The molecule has 0 saturated carbocycles. The number of rotatable bonds is 6. The average molecular weight is 326 g/mol. The van der Waals surface area contributed by atoms with E-state index >= 15 is 0 Å². The van der Waals surface area contributed by atoms with Gasteiger partial charge in [0, 0.05) is 4.90 Å². The quantitative estimate of drug-likeness (QED) is 0.453. The molecule has 1 unspecified atom stereocenters. The lowest BCUT2D eigenvalue weighted by Gasteiger charge is -2.27. The molecule has 1 atom stereocenters. The van der Waals surface area contributed by atoms with Crippen LogP contribution in [0.5, 0.6) is 5.75 Å². The Hall–Kier alpha value is -2.42. The van der Waals surface area contributed by atoms with E-state index in [4.69, 9.17) is 9.47 Å². The number of ether oxygens (including phenoxy) is 2. The van der Waals surface area contributed by atoms with Crippen LogP contribution in [0, 0.1) is 0 Å². The molecular weight excluding hydrogens is 308 g/mol. The minimum atomic E-state index is -1.08. The highest BCUT2D eigenvalue weighted by Crippen LogP contribution is 2.44. The molecule has 118 valence electrons. The molecule has 2 aromatic rings. The van der Waals surface area contributed by atoms with Crippen LogP contribution in [-0.2, 0) is 14.3 Å². The summed E-state index contributed by atoms with van der Waals surface area (Å²) in [5, 5.41) is 0. The van der Waals surface area contributed by atoms with Crippen molar-refractivity contribution in [3.05, 3.63) is 78.5 Å². The Morgan fingerprint density at radius 2 is 1.91 bits per heavy atom. The molecule has 23 heavy (non-hydrogen) atoms. The minimum absolute atomic E-state index is 0.393. The summed E-state index contributed by atoms with van der Waals surface area (Å²) < 4.78 is 9.27. The summed E-state index contributed by atoms with van der Waals surface area (Å²) in [6, 6.07) is 17.0. The van der Waals surface area contributed by atoms with Gasteiger partial charge in [0.2, 0.25) is 0 Å². The zero-order valence-corrected chi connectivity index (χ0v) is 13.9. The smallest absolute Gasteiger partial charge is 0.331 e. The molecule has 0 heterocycles. The molecule has 2 rings (SSSR count). The SMILES string of the molecule is C=C=CC(Sc1ccccc1)(C(=O)OC)c1cccc(OC)c1. The van der Waals surface area contributed by atoms with E-state index < -0.39 is 10.7 Å². The van der Waals surface area contributed by atoms with Gasteiger partial charge in [0.25, 0.3) is 0 Å². The number of esters is 1. The van der Waals surface area contributed by atoms with Crippen LogP contribution in [0.2, 0.25) is 0 Å². The molecule has 0 saturated heterocycles. The first-order chi connectivity index (χ1) is 11.2. The lowest BCUT2D eigenvalue weighted by molar-refractivity contribution is -0.142. The number of thioether (sulfide) groups is 1. The maximum absolute atomic E-state index is 12.6. The molecule has 0 aliphatic rings. The van der Waals surface area contributed by atoms with Crippen LogP contribution >= 0.6 is 11.8 Å². The Balaban J connectivity index is 2.61. The van der Waals surface area contributed by atoms with Gasteiger partial charge in [-0.2, -0.15) is 0 Å². The van der Waals surface area contributed by atoms with Crippen molar-refractivity contribution in [2.45, 2.75) is 9.64 Å². The lowest BCUT2D eigenvalue weighted by Crippen LogP contribution is -2.31. The number of benzene rings is 2. The van der Waals surface area contributed by atoms with Gasteiger partial charge in [-0.25, -0.2) is 4.79 Å². The first-order valence-electron chi connectivity index (χ1n) is 7.00. The fourth-order valence-electron chi connectivity index (χ4n) is 2.21. The van der Waals surface area contributed by atoms with Crippen molar-refractivity contribution in [1.82, 2.24) is 0 Å². The van der Waals surface area contributed by atoms with E-state index in [9.17, 15) is 4.79 Å². The lowest BCUT2D eigenvalue weighted by atomic mass is 9.97. The fourth-order valence-corrected chi connectivity index (χ4v) is 3.43. The van der Waals surface area contributed by atoms with Crippen LogP contribution in [0.15, 0.2) is 77.9 Å². The van der Waals surface area contributed by atoms with Crippen molar-refractivity contribution in [2.24, 2.45) is 0 Å². The predicted octanol–water partition coefficient (Wildman–Crippen LogP) is 4.20. The number of hydrogen-bond acceptors (Lipinski definition) is 4. The van der Waals surface area contributed by atoms with E-state index in [1.54, 1.807) is 13.2 Å². The van der Waals surface area contributed by atoms with E-state index in [0.29, 0.717) is 5.75 Å². The first kappa shape index (κ1) is 16.9. The van der Waals surface area contributed by atoms with Gasteiger partial charge in [0.05, 0.1) is 14.2 Å². The Bertz CT molecular complexity index is 720. The van der Waals surface area contributed by atoms with Crippen molar-refractivity contribution in [3.63, 3.8) is 0 Å². The predicted molar refractivity (Wildman–Crippen MR) is 92.7 cm³/mol. The second kappa shape index (κ2) is 7.73. The Kier molecular flexibility index (Phi) is 5.69. The van der Waals surface area contributed by atoms with Crippen LogP contribution in [-0.4, -0.2) is 20.2 Å². The molecule has 0 aromatic heterocycles. The highest BCUT2D eigenvalue weighted by molar-refractivity contribution is 8.01. The zero-order chi connectivity index (χ0) is 16.7. The third-order valence-corrected chi connectivity index (χ3v) is 4.66. The van der Waals surface area contributed by atoms with Crippen LogP contribution in [0.4, 0.5) is 0 Å². The molecule has 0 N–H and O–H groups in total. The van der Waals surface area contributed by atoms with Gasteiger partial charge < -0.3 is 9.47 Å². The topological polar surface area (TPSA) is 35.5 Å². The standard InChI is InChI=1S/C19H18O3S/c1-4-13-19(18(20)22-3,23-17-11-6-5-7-12-17)15-9-8-10-16(14-15)21-2/h5-14H,1H2,2-3H3. The van der Waals surface area contributed by atoms with Crippen LogP contribution in [0.3, 0.4) is 0 Å². The van der Waals surface area contributed by atoms with Crippen molar-refractivity contribution in [1.29, 1.82) is 0 Å². The normalized spacial score (nSPS) is 12.6. The van der Waals surface area contributed by atoms with Crippen molar-refractivity contribution in [3.8, 4) is 5.75 Å². The van der Waals surface area contributed by atoms with Crippen molar-refractivity contribution in [2.75, 3.05) is 14.2 Å². The number of carbonyl (C=O) groups is 1. The van der Waals surface area contributed by atoms with E-state index in [2.05, 4.69) is 12.3 Å². The zero-order valence-electron chi connectivity index (χ0n) is 13.1. The molecule has 0 fully saturated rings. The summed E-state index contributed by atoms with van der Waals surface area (Å²) in [6.07, 6.45) is 1.63. The average Bonchev–Trinajstić information content (AvgIpc) is 2.61. The van der Waals surface area contributed by atoms with Gasteiger partial charge in [-0.3, -0.25) is 0 Å². The molecule has 0 aliphatic heterocycles. The van der Waals surface area contributed by atoms with E-state index in [1.165, 1.54) is 18.9 Å². The summed E-state index contributed by atoms with van der Waals surface area (Å²) in [7, 11) is 2.96. The van der Waals surface area contributed by atoms with Gasteiger partial charge >= 0.3 is 5.97 Å². The summed E-state index contributed by atoms with van der Waals surface area (Å²) >= 11 is 1.38. The third kappa shape index (κ3) is 3.67. The molecule has 0 radical (unpaired) electrons. The maximum Gasteiger partial charge on any atom is 0.331 e. The molecule has 4 heteroatoms. The highest BCUT2D eigenvalue weighted by atomic mass is 32.2. The number of carbonyl (C=O) groups excluding carboxylic acids is 1. The number of hydrogen-bond donors (Lipinski definition) is 0. The summed E-state index contributed by atoms with van der Waals surface area (Å²) in [6.45, 7) is 3.64. The Labute approximate surface area is 140 Å². The summed E-state index contributed by atoms with van der Waals surface area (Å²) in [5.74, 6) is 0.276. The molecular formula is C19H18O3S. The van der Waals surface area contributed by atoms with Crippen LogP contribution < -0.4 is 4.74 Å². The molecule has 0 amide bonds. The van der Waals surface area contributed by atoms with Gasteiger partial charge in [0.1, 0.15) is 5.75 Å². The first-order valence-corrected chi connectivity index (χ1v) is 7.82. The second-order valence-electron chi connectivity index (χ2n) is 4.72. The second-order valence-corrected chi connectivity index (χ2v) is 6.04. The van der Waals surface area contributed by atoms with Gasteiger partial charge in [-0.05, 0) is 35.9 Å². The third-order valence-electron chi connectivity index (χ3n) is 3.31. The summed E-state index contributed by atoms with van der Waals surface area (Å²) in [4.78, 5) is 13.6. The molecule has 0 bridgehead atoms. The van der Waals surface area contributed by atoms with Gasteiger partial charge in [-0.1, -0.05) is 48.7 Å². The van der Waals surface area contributed by atoms with Crippen molar-refractivity contribution < 1.29 is 14.3 Å². The van der Waals surface area contributed by atoms with E-state index in [-0.39, 0.29) is 0 Å². The Morgan fingerprint density at radius 3 is 2.52 bits per heavy atom. The molecule has 2 aromatic carbocycles. The largest absolute Gasteiger partial charge is 0.497 e. The molecule has 0 aliphatic carbocycles.